The Hall–Kier alpha value is -2.58. The summed E-state index contributed by atoms with van der Waals surface area (Å²) >= 11 is 1.16. The van der Waals surface area contributed by atoms with Crippen LogP contribution in [0.1, 0.15) is 15.2 Å². The molecule has 0 fully saturated rings. The van der Waals surface area contributed by atoms with Crippen molar-refractivity contribution in [1.29, 1.82) is 0 Å². The molecule has 0 spiro atoms. The van der Waals surface area contributed by atoms with E-state index in [1.165, 1.54) is 35.2 Å². The molecule has 1 aromatic carbocycles. The number of carbonyl (C=O) groups is 1. The van der Waals surface area contributed by atoms with E-state index in [-0.39, 0.29) is 17.3 Å². The maximum absolute atomic E-state index is 13.0. The molecule has 0 aliphatic heterocycles. The summed E-state index contributed by atoms with van der Waals surface area (Å²) in [4.78, 5) is 30.3. The number of amides is 1. The van der Waals surface area contributed by atoms with Crippen molar-refractivity contribution in [2.75, 3.05) is 19.0 Å². The number of thiophene rings is 1. The van der Waals surface area contributed by atoms with Gasteiger partial charge in [0.1, 0.15) is 10.6 Å². The largest absolute Gasteiger partial charge is 0.383 e. The van der Waals surface area contributed by atoms with Crippen LogP contribution in [0.3, 0.4) is 0 Å². The number of nitrogens with one attached hydrogen (secondary N) is 1. The second-order valence-electron chi connectivity index (χ2n) is 5.43. The Morgan fingerprint density at radius 3 is 2.76 bits per heavy atom. The summed E-state index contributed by atoms with van der Waals surface area (Å²) in [5.74, 6) is -0.730. The topological polar surface area (TPSA) is 73.2 Å². The van der Waals surface area contributed by atoms with E-state index >= 15 is 0 Å². The fourth-order valence-corrected chi connectivity index (χ4v) is 3.48. The van der Waals surface area contributed by atoms with Crippen LogP contribution >= 0.6 is 11.3 Å². The third-order valence-electron chi connectivity index (χ3n) is 3.76. The van der Waals surface area contributed by atoms with Gasteiger partial charge in [-0.1, -0.05) is 0 Å². The number of fused-ring (bicyclic) bond motifs is 1. The van der Waals surface area contributed by atoms with Gasteiger partial charge in [-0.05, 0) is 36.8 Å². The number of carbonyl (C=O) groups excluding carboxylic acids is 1. The van der Waals surface area contributed by atoms with Gasteiger partial charge in [0.25, 0.3) is 11.5 Å². The zero-order chi connectivity index (χ0) is 18.0. The van der Waals surface area contributed by atoms with Crippen molar-refractivity contribution in [2.45, 2.75) is 13.5 Å². The molecule has 2 aromatic heterocycles. The molecule has 2 heterocycles. The number of nitrogens with zero attached hydrogens (tertiary/aromatic N) is 2. The van der Waals surface area contributed by atoms with Gasteiger partial charge in [-0.3, -0.25) is 14.2 Å². The number of methoxy groups -OCH3 is 1. The molecular formula is C17H16FN3O3S. The third kappa shape index (κ3) is 3.45. The Morgan fingerprint density at radius 1 is 1.36 bits per heavy atom. The number of anilines is 1. The number of hydrogen-bond acceptors (Lipinski definition) is 5. The van der Waals surface area contributed by atoms with Gasteiger partial charge in [-0.25, -0.2) is 9.37 Å². The Balaban J connectivity index is 1.95. The minimum absolute atomic E-state index is 0.198. The lowest BCUT2D eigenvalue weighted by Gasteiger charge is -2.05. The number of hydrogen-bond donors (Lipinski definition) is 1. The van der Waals surface area contributed by atoms with Crippen molar-refractivity contribution in [3.63, 3.8) is 0 Å². The van der Waals surface area contributed by atoms with Crippen LogP contribution < -0.4 is 10.9 Å². The molecule has 0 saturated carbocycles. The fourth-order valence-electron chi connectivity index (χ4n) is 2.45. The van der Waals surface area contributed by atoms with Crippen molar-refractivity contribution in [1.82, 2.24) is 9.55 Å². The zero-order valence-corrected chi connectivity index (χ0v) is 14.5. The highest BCUT2D eigenvalue weighted by molar-refractivity contribution is 7.20. The first-order valence-corrected chi connectivity index (χ1v) is 8.37. The van der Waals surface area contributed by atoms with Gasteiger partial charge in [0.15, 0.2) is 0 Å². The second kappa shape index (κ2) is 7.12. The van der Waals surface area contributed by atoms with E-state index < -0.39 is 0 Å². The summed E-state index contributed by atoms with van der Waals surface area (Å²) in [7, 11) is 1.56. The summed E-state index contributed by atoms with van der Waals surface area (Å²) in [6.45, 7) is 2.51. The van der Waals surface area contributed by atoms with Crippen molar-refractivity contribution >= 4 is 33.1 Å². The molecule has 0 aliphatic carbocycles. The Bertz CT molecular complexity index is 979. The van der Waals surface area contributed by atoms with Gasteiger partial charge in [0.2, 0.25) is 0 Å². The van der Waals surface area contributed by atoms with Crippen molar-refractivity contribution in [3.05, 3.63) is 57.2 Å². The van der Waals surface area contributed by atoms with Gasteiger partial charge in [0.05, 0.1) is 29.7 Å². The number of aryl methyl sites for hydroxylation is 1. The summed E-state index contributed by atoms with van der Waals surface area (Å²) in [5, 5.41) is 3.14. The van der Waals surface area contributed by atoms with Gasteiger partial charge < -0.3 is 10.1 Å². The maximum Gasteiger partial charge on any atom is 0.266 e. The summed E-state index contributed by atoms with van der Waals surface area (Å²) in [6.07, 6.45) is 1.46. The molecule has 0 bridgehead atoms. The fraction of sp³-hybridized carbons (Fsp3) is 0.235. The summed E-state index contributed by atoms with van der Waals surface area (Å²) < 4.78 is 19.4. The smallest absolute Gasteiger partial charge is 0.266 e. The highest BCUT2D eigenvalue weighted by atomic mass is 32.1. The first-order chi connectivity index (χ1) is 12.0. The lowest BCUT2D eigenvalue weighted by atomic mass is 10.2. The van der Waals surface area contributed by atoms with Gasteiger partial charge in [0, 0.05) is 12.8 Å². The van der Waals surface area contributed by atoms with E-state index in [1.807, 2.05) is 0 Å². The number of aromatic nitrogens is 2. The molecule has 25 heavy (non-hydrogen) atoms. The molecule has 6 nitrogen and oxygen atoms in total. The Kier molecular flexibility index (Phi) is 4.91. The predicted octanol–water partition coefficient (Wildman–Crippen LogP) is 2.80. The van der Waals surface area contributed by atoms with E-state index in [1.54, 1.807) is 14.0 Å². The third-order valence-corrected chi connectivity index (χ3v) is 4.96. The summed E-state index contributed by atoms with van der Waals surface area (Å²) in [5.41, 5.74) is 0.870. The van der Waals surface area contributed by atoms with E-state index in [0.717, 1.165) is 11.3 Å². The minimum Gasteiger partial charge on any atom is -0.383 e. The van der Waals surface area contributed by atoms with Crippen LogP contribution in [0.5, 0.6) is 0 Å². The lowest BCUT2D eigenvalue weighted by Crippen LogP contribution is -2.22. The van der Waals surface area contributed by atoms with E-state index in [9.17, 15) is 14.0 Å². The standard InChI is InChI=1S/C17H16FN3O3S/c1-10-13-16(19-9-21(17(13)23)7-8-24-2)25-14(10)15(22)20-12-5-3-11(18)4-6-12/h3-6,9H,7-8H2,1-2H3,(H,20,22). The molecule has 0 atom stereocenters. The molecule has 8 heteroatoms. The average molecular weight is 361 g/mol. The van der Waals surface area contributed by atoms with Crippen LogP contribution in [-0.2, 0) is 11.3 Å². The molecular weight excluding hydrogens is 345 g/mol. The van der Waals surface area contributed by atoms with Crippen LogP contribution in [0.25, 0.3) is 10.2 Å². The molecule has 3 aromatic rings. The van der Waals surface area contributed by atoms with Crippen LogP contribution in [0, 0.1) is 12.7 Å². The van der Waals surface area contributed by atoms with E-state index in [4.69, 9.17) is 4.74 Å². The van der Waals surface area contributed by atoms with Crippen LogP contribution in [-0.4, -0.2) is 29.2 Å². The molecule has 0 aliphatic rings. The average Bonchev–Trinajstić information content (AvgIpc) is 2.94. The van der Waals surface area contributed by atoms with Crippen molar-refractivity contribution < 1.29 is 13.9 Å². The van der Waals surface area contributed by atoms with Crippen LogP contribution in [0.2, 0.25) is 0 Å². The highest BCUT2D eigenvalue weighted by Crippen LogP contribution is 2.27. The first kappa shape index (κ1) is 17.2. The Labute approximate surface area is 146 Å². The number of rotatable bonds is 5. The van der Waals surface area contributed by atoms with Crippen molar-refractivity contribution in [2.24, 2.45) is 0 Å². The molecule has 0 saturated heterocycles. The second-order valence-corrected chi connectivity index (χ2v) is 6.43. The van der Waals surface area contributed by atoms with Crippen LogP contribution in [0.15, 0.2) is 35.4 Å². The molecule has 0 unspecified atom stereocenters. The quantitative estimate of drug-likeness (QED) is 0.758. The normalized spacial score (nSPS) is 11.0. The van der Waals surface area contributed by atoms with Crippen LogP contribution in [0.4, 0.5) is 10.1 Å². The summed E-state index contributed by atoms with van der Waals surface area (Å²) in [6, 6.07) is 5.49. The predicted molar refractivity (Wildman–Crippen MR) is 94.8 cm³/mol. The molecule has 3 rings (SSSR count). The molecule has 1 amide bonds. The zero-order valence-electron chi connectivity index (χ0n) is 13.7. The number of benzene rings is 1. The molecule has 130 valence electrons. The number of ether oxygens (including phenoxy) is 1. The Morgan fingerprint density at radius 2 is 2.08 bits per heavy atom. The number of halogens is 1. The van der Waals surface area contributed by atoms with E-state index in [2.05, 4.69) is 10.3 Å². The molecule has 1 N–H and O–H groups in total. The van der Waals surface area contributed by atoms with Gasteiger partial charge in [-0.2, -0.15) is 0 Å². The first-order valence-electron chi connectivity index (χ1n) is 7.55. The maximum atomic E-state index is 13.0. The SMILES string of the molecule is COCCn1cnc2sc(C(=O)Nc3ccc(F)cc3)c(C)c2c1=O. The molecule has 0 radical (unpaired) electrons. The minimum atomic E-state index is -0.378. The highest BCUT2D eigenvalue weighted by Gasteiger charge is 2.19. The van der Waals surface area contributed by atoms with Gasteiger partial charge in [-0.15, -0.1) is 11.3 Å². The van der Waals surface area contributed by atoms with E-state index in [0.29, 0.717) is 39.5 Å². The lowest BCUT2D eigenvalue weighted by molar-refractivity contribution is 0.103. The van der Waals surface area contributed by atoms with Gasteiger partial charge >= 0.3 is 0 Å². The van der Waals surface area contributed by atoms with Crippen molar-refractivity contribution in [3.8, 4) is 0 Å². The monoisotopic (exact) mass is 361 g/mol.